The van der Waals surface area contributed by atoms with Crippen molar-refractivity contribution in [1.82, 2.24) is 19.3 Å². The van der Waals surface area contributed by atoms with E-state index in [2.05, 4.69) is 0 Å². The monoisotopic (exact) mass is 552 g/mol. The Balaban J connectivity index is 1.58. The summed E-state index contributed by atoms with van der Waals surface area (Å²) in [4.78, 5) is 20.1. The van der Waals surface area contributed by atoms with Crippen LogP contribution < -0.4 is 15.4 Å². The molecular formula is C29H40N6O5. The minimum atomic E-state index is -0.717. The maximum absolute atomic E-state index is 13.8. The Morgan fingerprint density at radius 3 is 2.38 bits per heavy atom. The molecule has 40 heavy (non-hydrogen) atoms. The number of carbonyl (C=O) groups excluding carboxylic acids is 1. The number of hydrogen-bond donors (Lipinski definition) is 1. The van der Waals surface area contributed by atoms with Crippen molar-refractivity contribution in [3.8, 4) is 17.1 Å². The first-order chi connectivity index (χ1) is 19.3. The Bertz CT molecular complexity index is 1250. The number of nitrogens with two attached hydrogens (primary N) is 1. The molecule has 0 spiro atoms. The summed E-state index contributed by atoms with van der Waals surface area (Å²) in [6.45, 7) is 7.71. The standard InChI is InChI=1S/C29H40N6O5/c1-29(2,3)40-28(36)34(23-9-8-17-33(23)24-10-4-6-18-38-24)27-31-26(35(32-27)25-11-5-7-19-39-25)21-12-14-22(15-13-21)37-20-16-30/h8-9,12-15,17,24-25H,4-7,10-11,16,18-20,30H2,1-3H3. The van der Waals surface area contributed by atoms with Crippen LogP contribution in [0.5, 0.6) is 5.75 Å². The number of anilines is 2. The van der Waals surface area contributed by atoms with Crippen molar-refractivity contribution in [3.05, 3.63) is 42.6 Å². The number of ether oxygens (including phenoxy) is 4. The van der Waals surface area contributed by atoms with Crippen molar-refractivity contribution in [2.75, 3.05) is 31.3 Å². The van der Waals surface area contributed by atoms with Gasteiger partial charge in [0.15, 0.2) is 12.1 Å². The van der Waals surface area contributed by atoms with Crippen LogP contribution in [0.15, 0.2) is 42.6 Å². The minimum Gasteiger partial charge on any atom is -0.492 e. The Hall–Kier alpha value is -3.41. The predicted octanol–water partition coefficient (Wildman–Crippen LogP) is 5.56. The number of nitrogens with zero attached hydrogens (tertiary/aromatic N) is 5. The summed E-state index contributed by atoms with van der Waals surface area (Å²) in [5, 5.41) is 4.88. The lowest BCUT2D eigenvalue weighted by molar-refractivity contribution is -0.0384. The molecule has 5 rings (SSSR count). The van der Waals surface area contributed by atoms with Crippen molar-refractivity contribution in [2.24, 2.45) is 5.73 Å². The molecule has 3 aromatic rings. The van der Waals surface area contributed by atoms with Crippen LogP contribution in [-0.4, -0.2) is 57.4 Å². The van der Waals surface area contributed by atoms with Crippen molar-refractivity contribution in [1.29, 1.82) is 0 Å². The number of benzene rings is 1. The lowest BCUT2D eigenvalue weighted by Gasteiger charge is -2.30. The summed E-state index contributed by atoms with van der Waals surface area (Å²) in [6.07, 6.45) is 6.61. The highest BCUT2D eigenvalue weighted by molar-refractivity contribution is 5.93. The van der Waals surface area contributed by atoms with Crippen LogP contribution in [0.1, 0.15) is 71.8 Å². The quantitative estimate of drug-likeness (QED) is 0.386. The Morgan fingerprint density at radius 1 is 1.05 bits per heavy atom. The maximum Gasteiger partial charge on any atom is 0.423 e. The molecule has 1 amide bonds. The average molecular weight is 553 g/mol. The summed E-state index contributed by atoms with van der Waals surface area (Å²) in [6, 6.07) is 11.4. The van der Waals surface area contributed by atoms with Gasteiger partial charge in [-0.05, 0) is 95.7 Å². The van der Waals surface area contributed by atoms with E-state index in [1.165, 1.54) is 4.90 Å². The van der Waals surface area contributed by atoms with Crippen molar-refractivity contribution in [2.45, 2.75) is 77.4 Å². The van der Waals surface area contributed by atoms with Gasteiger partial charge in [0.1, 0.15) is 30.0 Å². The van der Waals surface area contributed by atoms with E-state index < -0.39 is 11.7 Å². The second-order valence-corrected chi connectivity index (χ2v) is 11.1. The minimum absolute atomic E-state index is 0.187. The van der Waals surface area contributed by atoms with E-state index >= 15 is 0 Å². The number of aromatic nitrogens is 4. The number of hydrogen-bond acceptors (Lipinski definition) is 8. The van der Waals surface area contributed by atoms with Crippen LogP contribution in [0, 0.1) is 0 Å². The van der Waals surface area contributed by atoms with E-state index in [9.17, 15) is 4.79 Å². The number of rotatable bonds is 8. The molecule has 1 aromatic carbocycles. The van der Waals surface area contributed by atoms with Crippen LogP contribution in [0.4, 0.5) is 16.6 Å². The summed E-state index contributed by atoms with van der Waals surface area (Å²) >= 11 is 0. The van der Waals surface area contributed by atoms with Gasteiger partial charge in [-0.1, -0.05) is 0 Å². The van der Waals surface area contributed by atoms with Gasteiger partial charge < -0.3 is 29.2 Å². The van der Waals surface area contributed by atoms with E-state index in [4.69, 9.17) is 34.8 Å². The SMILES string of the molecule is CC(C)(C)OC(=O)N(c1nc(-c2ccc(OCCN)cc2)n(C2CCCCO2)n1)c1cccn1C1CCCCO1. The number of amides is 1. The third kappa shape index (κ3) is 6.48. The molecular weight excluding hydrogens is 512 g/mol. The zero-order chi connectivity index (χ0) is 28.1. The fraction of sp³-hybridized carbons (Fsp3) is 0.552. The van der Waals surface area contributed by atoms with E-state index in [0.717, 1.165) is 49.8 Å². The van der Waals surface area contributed by atoms with Crippen LogP contribution in [0.3, 0.4) is 0 Å². The molecule has 4 heterocycles. The van der Waals surface area contributed by atoms with Gasteiger partial charge in [0.2, 0.25) is 0 Å². The molecule has 0 aliphatic carbocycles. The lowest BCUT2D eigenvalue weighted by atomic mass is 10.1. The van der Waals surface area contributed by atoms with Gasteiger partial charge in [-0.15, -0.1) is 5.10 Å². The third-order valence-corrected chi connectivity index (χ3v) is 6.78. The molecule has 0 saturated carbocycles. The van der Waals surface area contributed by atoms with Gasteiger partial charge >= 0.3 is 6.09 Å². The number of carbonyl (C=O) groups is 1. The highest BCUT2D eigenvalue weighted by Gasteiger charge is 2.34. The van der Waals surface area contributed by atoms with Crippen LogP contribution in [-0.2, 0) is 14.2 Å². The fourth-order valence-corrected chi connectivity index (χ4v) is 4.94. The lowest BCUT2D eigenvalue weighted by Crippen LogP contribution is -2.36. The van der Waals surface area contributed by atoms with E-state index in [1.54, 1.807) is 4.68 Å². The summed E-state index contributed by atoms with van der Waals surface area (Å²) < 4.78 is 27.4. The first-order valence-corrected chi connectivity index (χ1v) is 14.2. The first-order valence-electron chi connectivity index (χ1n) is 14.2. The van der Waals surface area contributed by atoms with Crippen molar-refractivity contribution < 1.29 is 23.7 Å². The van der Waals surface area contributed by atoms with E-state index in [1.807, 2.05) is 67.9 Å². The molecule has 0 radical (unpaired) electrons. The molecule has 2 aliphatic heterocycles. The Morgan fingerprint density at radius 2 is 1.75 bits per heavy atom. The van der Waals surface area contributed by atoms with Crippen LogP contribution in [0.2, 0.25) is 0 Å². The van der Waals surface area contributed by atoms with Gasteiger partial charge in [-0.2, -0.15) is 9.88 Å². The molecule has 2 N–H and O–H groups in total. The summed E-state index contributed by atoms with van der Waals surface area (Å²) in [5.74, 6) is 2.10. The van der Waals surface area contributed by atoms with Crippen molar-refractivity contribution in [3.63, 3.8) is 0 Å². The van der Waals surface area contributed by atoms with E-state index in [-0.39, 0.29) is 18.4 Å². The molecule has 0 bridgehead atoms. The molecule has 11 heteroatoms. The second kappa shape index (κ2) is 12.4. The normalized spacial score (nSPS) is 19.8. The first kappa shape index (κ1) is 28.1. The molecule has 2 atom stereocenters. The fourth-order valence-electron chi connectivity index (χ4n) is 4.94. The second-order valence-electron chi connectivity index (χ2n) is 11.1. The van der Waals surface area contributed by atoms with Gasteiger partial charge in [0.05, 0.1) is 0 Å². The molecule has 2 aromatic heterocycles. The molecule has 216 valence electrons. The zero-order valence-electron chi connectivity index (χ0n) is 23.6. The highest BCUT2D eigenvalue weighted by atomic mass is 16.6. The van der Waals surface area contributed by atoms with Gasteiger partial charge in [-0.25, -0.2) is 9.48 Å². The summed E-state index contributed by atoms with van der Waals surface area (Å²) in [5.41, 5.74) is 5.68. The van der Waals surface area contributed by atoms with Crippen LogP contribution in [0.25, 0.3) is 11.4 Å². The largest absolute Gasteiger partial charge is 0.492 e. The third-order valence-electron chi connectivity index (χ3n) is 6.78. The van der Waals surface area contributed by atoms with Crippen LogP contribution >= 0.6 is 0 Å². The maximum atomic E-state index is 13.8. The van der Waals surface area contributed by atoms with Crippen molar-refractivity contribution >= 4 is 17.9 Å². The predicted molar refractivity (Wildman–Crippen MR) is 150 cm³/mol. The Labute approximate surface area is 235 Å². The van der Waals surface area contributed by atoms with Gasteiger partial charge in [-0.3, -0.25) is 0 Å². The smallest absolute Gasteiger partial charge is 0.423 e. The van der Waals surface area contributed by atoms with Gasteiger partial charge in [0.25, 0.3) is 5.95 Å². The van der Waals surface area contributed by atoms with Gasteiger partial charge in [0, 0.05) is 31.5 Å². The molecule has 11 nitrogen and oxygen atoms in total. The molecule has 2 fully saturated rings. The van der Waals surface area contributed by atoms with E-state index in [0.29, 0.717) is 38.0 Å². The zero-order valence-corrected chi connectivity index (χ0v) is 23.6. The average Bonchev–Trinajstić information content (AvgIpc) is 3.61. The Kier molecular flexibility index (Phi) is 8.72. The molecule has 2 aliphatic rings. The molecule has 2 unspecified atom stereocenters. The summed E-state index contributed by atoms with van der Waals surface area (Å²) in [7, 11) is 0. The molecule has 2 saturated heterocycles. The highest BCUT2D eigenvalue weighted by Crippen LogP contribution is 2.35. The topological polar surface area (TPSA) is 119 Å².